The van der Waals surface area contributed by atoms with Gasteiger partial charge in [-0.05, 0) is 37.3 Å². The molecule has 0 bridgehead atoms. The van der Waals surface area contributed by atoms with Crippen molar-refractivity contribution in [3.05, 3.63) is 35.5 Å². The van der Waals surface area contributed by atoms with Crippen molar-refractivity contribution in [2.75, 3.05) is 19.6 Å². The minimum absolute atomic E-state index is 0. The van der Waals surface area contributed by atoms with Crippen LogP contribution in [0, 0.1) is 5.92 Å². The summed E-state index contributed by atoms with van der Waals surface area (Å²) in [6.07, 6.45) is 8.52. The Balaban J connectivity index is 0.00000125. The highest BCUT2D eigenvalue weighted by molar-refractivity contribution is 5.85. The van der Waals surface area contributed by atoms with E-state index in [0.717, 1.165) is 12.0 Å². The van der Waals surface area contributed by atoms with Crippen LogP contribution < -0.4 is 17.0 Å². The average molecular weight is 361 g/mol. The Morgan fingerprint density at radius 1 is 1.05 bits per heavy atom. The summed E-state index contributed by atoms with van der Waals surface area (Å²) < 4.78 is 1.41. The van der Waals surface area contributed by atoms with Crippen LogP contribution in [0.1, 0.15) is 49.4 Å². The van der Waals surface area contributed by atoms with Crippen LogP contribution in [0.3, 0.4) is 0 Å². The van der Waals surface area contributed by atoms with Gasteiger partial charge >= 0.3 is 0 Å². The van der Waals surface area contributed by atoms with E-state index in [1.807, 2.05) is 0 Å². The number of hydrogen-bond acceptors (Lipinski definition) is 0. The fourth-order valence-electron chi connectivity index (χ4n) is 5.11. The quantitative estimate of drug-likeness (QED) is 0.774. The largest absolute Gasteiger partial charge is 1.00 e. The highest BCUT2D eigenvalue weighted by atomic mass is 79.9. The van der Waals surface area contributed by atoms with Crippen LogP contribution in [0.15, 0.2) is 24.3 Å². The van der Waals surface area contributed by atoms with Gasteiger partial charge < -0.3 is 26.4 Å². The summed E-state index contributed by atoms with van der Waals surface area (Å²) in [7, 11) is 0. The number of halogens is 1. The van der Waals surface area contributed by atoms with Crippen LogP contribution in [-0.4, -0.2) is 29.1 Å². The minimum Gasteiger partial charge on any atom is -1.00 e. The summed E-state index contributed by atoms with van der Waals surface area (Å²) in [6, 6.07) is 9.69. The number of fused-ring (bicyclic) bond motifs is 5. The van der Waals surface area contributed by atoms with E-state index in [-0.39, 0.29) is 17.0 Å². The Hall–Kier alpha value is -0.800. The fraction of sp³-hybridized carbons (Fsp3) is 0.579. The van der Waals surface area contributed by atoms with Crippen molar-refractivity contribution in [3.63, 3.8) is 0 Å². The van der Waals surface area contributed by atoms with Crippen LogP contribution in [0.25, 0.3) is 10.9 Å². The summed E-state index contributed by atoms with van der Waals surface area (Å²) in [5.41, 5.74) is 4.60. The Labute approximate surface area is 143 Å². The van der Waals surface area contributed by atoms with E-state index in [2.05, 4.69) is 29.2 Å². The van der Waals surface area contributed by atoms with Crippen molar-refractivity contribution in [2.24, 2.45) is 5.92 Å². The van der Waals surface area contributed by atoms with Gasteiger partial charge in [0.15, 0.2) is 0 Å². The molecule has 0 radical (unpaired) electrons. The van der Waals surface area contributed by atoms with Gasteiger partial charge in [0.25, 0.3) is 0 Å². The van der Waals surface area contributed by atoms with E-state index in [1.54, 1.807) is 11.3 Å². The minimum atomic E-state index is 0. The molecule has 1 aromatic heterocycles. The lowest BCUT2D eigenvalue weighted by atomic mass is 9.87. The number of nitrogens with one attached hydrogen (secondary N) is 1. The van der Waals surface area contributed by atoms with Crippen LogP contribution in [0.5, 0.6) is 0 Å². The standard InChI is InChI=1S/C19H25N2.BrH/c1-2-6-17-15(5-1)16-10-12-21(13-14-8-9-14)11-4-3-7-18(21)19(16)20-17;/h1-2,5-6,14,18,20H,3-4,7-13H2;1H/q+1;/p-1. The third-order valence-corrected chi connectivity index (χ3v) is 6.30. The number of benzene rings is 1. The maximum atomic E-state index is 3.82. The van der Waals surface area contributed by atoms with Crippen molar-refractivity contribution >= 4 is 10.9 Å². The number of nitrogens with zero attached hydrogens (tertiary/aromatic N) is 1. The van der Waals surface area contributed by atoms with Gasteiger partial charge in [0.1, 0.15) is 6.04 Å². The van der Waals surface area contributed by atoms with E-state index in [0.29, 0.717) is 0 Å². The van der Waals surface area contributed by atoms with Gasteiger partial charge in [-0.15, -0.1) is 0 Å². The van der Waals surface area contributed by atoms with E-state index in [1.165, 1.54) is 73.5 Å². The molecule has 3 heteroatoms. The van der Waals surface area contributed by atoms with Crippen molar-refractivity contribution in [1.82, 2.24) is 4.98 Å². The first-order chi connectivity index (χ1) is 10.4. The molecule has 22 heavy (non-hydrogen) atoms. The summed E-state index contributed by atoms with van der Waals surface area (Å²) in [5.74, 6) is 1.04. The van der Waals surface area contributed by atoms with Gasteiger partial charge in [-0.2, -0.15) is 0 Å². The van der Waals surface area contributed by atoms with Crippen molar-refractivity contribution in [3.8, 4) is 0 Å². The maximum absolute atomic E-state index is 3.82. The van der Waals surface area contributed by atoms with E-state index in [4.69, 9.17) is 0 Å². The fourth-order valence-corrected chi connectivity index (χ4v) is 5.11. The maximum Gasteiger partial charge on any atom is 0.130 e. The predicted octanol–water partition coefficient (Wildman–Crippen LogP) is 1.18. The Morgan fingerprint density at radius 2 is 1.91 bits per heavy atom. The number of aromatic nitrogens is 1. The second-order valence-corrected chi connectivity index (χ2v) is 7.62. The molecule has 2 nitrogen and oxygen atoms in total. The highest BCUT2D eigenvalue weighted by Crippen LogP contribution is 2.47. The van der Waals surface area contributed by atoms with Gasteiger partial charge in [0.2, 0.25) is 0 Å². The van der Waals surface area contributed by atoms with Crippen molar-refractivity contribution in [1.29, 1.82) is 0 Å². The zero-order valence-electron chi connectivity index (χ0n) is 13.2. The van der Waals surface area contributed by atoms with Crippen LogP contribution in [0.4, 0.5) is 0 Å². The summed E-state index contributed by atoms with van der Waals surface area (Å²) in [6.45, 7) is 4.27. The summed E-state index contributed by atoms with van der Waals surface area (Å²) in [5, 5.41) is 1.49. The molecule has 1 saturated heterocycles. The molecule has 1 aromatic carbocycles. The summed E-state index contributed by atoms with van der Waals surface area (Å²) >= 11 is 0. The van der Waals surface area contributed by atoms with Gasteiger partial charge in [0, 0.05) is 29.7 Å². The molecule has 0 spiro atoms. The number of para-hydroxylation sites is 1. The molecule has 1 saturated carbocycles. The van der Waals surface area contributed by atoms with E-state index < -0.39 is 0 Å². The monoisotopic (exact) mass is 360 g/mol. The first-order valence-corrected chi connectivity index (χ1v) is 8.81. The number of hydrogen-bond donors (Lipinski definition) is 1. The van der Waals surface area contributed by atoms with Gasteiger partial charge in [-0.1, -0.05) is 18.2 Å². The highest BCUT2D eigenvalue weighted by Gasteiger charge is 2.47. The van der Waals surface area contributed by atoms with Crippen molar-refractivity contribution < 1.29 is 21.5 Å². The smallest absolute Gasteiger partial charge is 0.130 e. The zero-order valence-corrected chi connectivity index (χ0v) is 14.7. The SMILES string of the molecule is [Br-].c1ccc2c3c([nH]c2c1)C1CCCC[N+]1(CC1CC1)CC3. The number of quaternary nitrogens is 1. The third-order valence-electron chi connectivity index (χ3n) is 6.30. The molecule has 2 aliphatic heterocycles. The second kappa shape index (κ2) is 5.38. The Kier molecular flexibility index (Phi) is 3.61. The first kappa shape index (κ1) is 14.8. The molecule has 1 N–H and O–H groups in total. The number of rotatable bonds is 2. The Morgan fingerprint density at radius 3 is 2.77 bits per heavy atom. The summed E-state index contributed by atoms with van der Waals surface area (Å²) in [4.78, 5) is 3.82. The lowest BCUT2D eigenvalue weighted by molar-refractivity contribution is -0.965. The van der Waals surface area contributed by atoms with Gasteiger partial charge in [0.05, 0.1) is 25.3 Å². The zero-order chi connectivity index (χ0) is 13.9. The molecule has 2 fully saturated rings. The van der Waals surface area contributed by atoms with Crippen LogP contribution in [-0.2, 0) is 6.42 Å². The molecule has 2 unspecified atom stereocenters. The molecule has 5 rings (SSSR count). The topological polar surface area (TPSA) is 15.8 Å². The molecule has 1 aliphatic carbocycles. The van der Waals surface area contributed by atoms with E-state index >= 15 is 0 Å². The molecule has 118 valence electrons. The Bertz CT molecular complexity index is 688. The number of H-pyrrole nitrogens is 1. The molecule has 3 heterocycles. The number of aromatic amines is 1. The second-order valence-electron chi connectivity index (χ2n) is 7.62. The third kappa shape index (κ3) is 2.16. The van der Waals surface area contributed by atoms with Gasteiger partial charge in [-0.25, -0.2) is 0 Å². The molecule has 3 aliphatic rings. The molecular weight excluding hydrogens is 336 g/mol. The molecular formula is C19H25BrN2. The lowest BCUT2D eigenvalue weighted by Gasteiger charge is -2.50. The average Bonchev–Trinajstić information content (AvgIpc) is 3.24. The molecule has 2 aromatic rings. The predicted molar refractivity (Wildman–Crippen MR) is 86.2 cm³/mol. The number of piperidine rings is 1. The molecule has 0 amide bonds. The first-order valence-electron chi connectivity index (χ1n) is 8.81. The van der Waals surface area contributed by atoms with Crippen molar-refractivity contribution in [2.45, 2.75) is 44.6 Å². The van der Waals surface area contributed by atoms with Gasteiger partial charge in [-0.3, -0.25) is 0 Å². The van der Waals surface area contributed by atoms with E-state index in [9.17, 15) is 0 Å². The van der Waals surface area contributed by atoms with Crippen LogP contribution >= 0.6 is 0 Å². The lowest BCUT2D eigenvalue weighted by Crippen LogP contribution is -3.00. The normalized spacial score (nSPS) is 30.5. The molecule has 2 atom stereocenters. The van der Waals surface area contributed by atoms with Crippen LogP contribution in [0.2, 0.25) is 0 Å².